The number of nitrogen functional groups attached to an aromatic ring is 1. The molecular formula is C12H14N4O4S. The van der Waals surface area contributed by atoms with Crippen molar-refractivity contribution in [3.63, 3.8) is 0 Å². The highest BCUT2D eigenvalue weighted by atomic mass is 32.2. The molecule has 8 nitrogen and oxygen atoms in total. The molecule has 0 aliphatic carbocycles. The Morgan fingerprint density at radius 3 is 2.95 bits per heavy atom. The first-order valence-electron chi connectivity index (χ1n) is 6.30. The molecule has 0 saturated carbocycles. The van der Waals surface area contributed by atoms with Crippen molar-refractivity contribution in [3.05, 3.63) is 35.3 Å². The summed E-state index contributed by atoms with van der Waals surface area (Å²) in [6.45, 7) is 1.84. The van der Waals surface area contributed by atoms with Crippen LogP contribution in [0, 0.1) is 0 Å². The van der Waals surface area contributed by atoms with E-state index in [9.17, 15) is 8.42 Å². The number of hydrogen-bond donors (Lipinski definition) is 2. The third-order valence-corrected chi connectivity index (χ3v) is 4.03. The van der Waals surface area contributed by atoms with Gasteiger partial charge in [-0.1, -0.05) is 0 Å². The van der Waals surface area contributed by atoms with E-state index in [4.69, 9.17) is 14.7 Å². The van der Waals surface area contributed by atoms with Gasteiger partial charge in [-0.05, 0) is 12.1 Å². The molecule has 0 fully saturated rings. The van der Waals surface area contributed by atoms with Crippen molar-refractivity contribution in [2.75, 3.05) is 12.3 Å². The fourth-order valence-corrected chi connectivity index (χ4v) is 2.78. The number of rotatable bonds is 3. The molecule has 0 atom stereocenters. The summed E-state index contributed by atoms with van der Waals surface area (Å²) in [6.07, 6.45) is 2.45. The zero-order valence-electron chi connectivity index (χ0n) is 11.1. The largest absolute Gasteiger partial charge is 0.446 e. The molecule has 0 saturated heterocycles. The second-order valence-electron chi connectivity index (χ2n) is 4.86. The average Bonchev–Trinajstić information content (AvgIpc) is 2.87. The van der Waals surface area contributed by atoms with E-state index in [1.54, 1.807) is 6.20 Å². The van der Waals surface area contributed by atoms with Gasteiger partial charge in [-0.15, -0.1) is 0 Å². The van der Waals surface area contributed by atoms with Crippen LogP contribution >= 0.6 is 0 Å². The molecule has 0 spiro atoms. The van der Waals surface area contributed by atoms with E-state index in [2.05, 4.69) is 14.9 Å². The molecule has 0 amide bonds. The molecule has 21 heavy (non-hydrogen) atoms. The first kappa shape index (κ1) is 14.0. The Morgan fingerprint density at radius 2 is 2.24 bits per heavy atom. The van der Waals surface area contributed by atoms with Gasteiger partial charge in [-0.2, -0.15) is 8.42 Å². The average molecular weight is 310 g/mol. The summed E-state index contributed by atoms with van der Waals surface area (Å²) in [6, 6.07) is 2.78. The van der Waals surface area contributed by atoms with Gasteiger partial charge in [0.2, 0.25) is 11.0 Å². The number of nitrogens with two attached hydrogens (primary N) is 1. The Labute approximate surface area is 121 Å². The first-order chi connectivity index (χ1) is 9.91. The molecular weight excluding hydrogens is 296 g/mol. The van der Waals surface area contributed by atoms with Crippen molar-refractivity contribution < 1.29 is 17.4 Å². The van der Waals surface area contributed by atoms with Crippen molar-refractivity contribution in [3.8, 4) is 0 Å². The van der Waals surface area contributed by atoms with Gasteiger partial charge in [0.1, 0.15) is 5.76 Å². The monoisotopic (exact) mass is 310 g/mol. The molecule has 1 aliphatic rings. The SMILES string of the molecule is Nc1ncc2c(n1)CCN(Cc1ccc(S(=O)(=O)O)o1)C2. The van der Waals surface area contributed by atoms with Crippen LogP contribution in [0.5, 0.6) is 0 Å². The smallest absolute Gasteiger partial charge is 0.328 e. The summed E-state index contributed by atoms with van der Waals surface area (Å²) >= 11 is 0. The highest BCUT2D eigenvalue weighted by Gasteiger charge is 2.21. The van der Waals surface area contributed by atoms with Crippen LogP contribution in [0.3, 0.4) is 0 Å². The summed E-state index contributed by atoms with van der Waals surface area (Å²) in [7, 11) is -4.30. The van der Waals surface area contributed by atoms with Crippen LogP contribution in [-0.2, 0) is 29.6 Å². The molecule has 3 N–H and O–H groups in total. The lowest BCUT2D eigenvalue weighted by Gasteiger charge is -2.26. The molecule has 0 aromatic carbocycles. The molecule has 0 radical (unpaired) electrons. The topological polar surface area (TPSA) is 123 Å². The third-order valence-electron chi connectivity index (χ3n) is 3.30. The van der Waals surface area contributed by atoms with E-state index in [1.807, 2.05) is 0 Å². The standard InChI is InChI=1S/C12H14N4O4S/c13-12-14-5-8-6-16(4-3-10(8)15-12)7-9-1-2-11(20-9)21(17,18)19/h1-2,5H,3-4,6-7H2,(H2,13,14,15)(H,17,18,19). The summed E-state index contributed by atoms with van der Waals surface area (Å²) in [5.74, 6) is 0.744. The van der Waals surface area contributed by atoms with Crippen LogP contribution in [-0.4, -0.2) is 34.4 Å². The lowest BCUT2D eigenvalue weighted by molar-refractivity contribution is 0.216. The van der Waals surface area contributed by atoms with Crippen LogP contribution in [0.25, 0.3) is 0 Å². The number of anilines is 1. The minimum atomic E-state index is -4.30. The van der Waals surface area contributed by atoms with Crippen LogP contribution < -0.4 is 5.73 Å². The fraction of sp³-hybridized carbons (Fsp3) is 0.333. The van der Waals surface area contributed by atoms with Gasteiger partial charge in [-0.3, -0.25) is 9.45 Å². The number of furan rings is 1. The maximum absolute atomic E-state index is 11.0. The van der Waals surface area contributed by atoms with Gasteiger partial charge < -0.3 is 10.2 Å². The minimum Gasteiger partial charge on any atom is -0.446 e. The van der Waals surface area contributed by atoms with Gasteiger partial charge in [0.25, 0.3) is 0 Å². The van der Waals surface area contributed by atoms with Crippen molar-refractivity contribution in [1.82, 2.24) is 14.9 Å². The fourth-order valence-electron chi connectivity index (χ4n) is 2.33. The highest BCUT2D eigenvalue weighted by molar-refractivity contribution is 7.85. The van der Waals surface area contributed by atoms with Gasteiger partial charge in [0.05, 0.1) is 12.2 Å². The predicted molar refractivity (Wildman–Crippen MR) is 72.8 cm³/mol. The van der Waals surface area contributed by atoms with Crippen LogP contribution in [0.4, 0.5) is 5.95 Å². The second kappa shape index (κ2) is 5.10. The van der Waals surface area contributed by atoms with Crippen LogP contribution in [0.1, 0.15) is 17.0 Å². The van der Waals surface area contributed by atoms with Gasteiger partial charge in [0.15, 0.2) is 0 Å². The Balaban J connectivity index is 1.73. The molecule has 112 valence electrons. The molecule has 1 aliphatic heterocycles. The third kappa shape index (κ3) is 3.04. The summed E-state index contributed by atoms with van der Waals surface area (Å²) in [5, 5.41) is -0.439. The molecule has 3 rings (SSSR count). The zero-order valence-corrected chi connectivity index (χ0v) is 11.9. The highest BCUT2D eigenvalue weighted by Crippen LogP contribution is 2.21. The van der Waals surface area contributed by atoms with Gasteiger partial charge in [0, 0.05) is 31.3 Å². The van der Waals surface area contributed by atoms with E-state index < -0.39 is 15.2 Å². The van der Waals surface area contributed by atoms with Gasteiger partial charge >= 0.3 is 10.1 Å². The predicted octanol–water partition coefficient (Wildman–Crippen LogP) is 0.457. The lowest BCUT2D eigenvalue weighted by Crippen LogP contribution is -2.30. The molecule has 9 heteroatoms. The second-order valence-corrected chi connectivity index (χ2v) is 6.21. The maximum atomic E-state index is 11.0. The Hall–Kier alpha value is -1.97. The molecule has 0 unspecified atom stereocenters. The maximum Gasteiger partial charge on any atom is 0.328 e. The normalized spacial score (nSPS) is 15.9. The van der Waals surface area contributed by atoms with E-state index in [1.165, 1.54) is 12.1 Å². The van der Waals surface area contributed by atoms with Crippen molar-refractivity contribution >= 4 is 16.1 Å². The summed E-state index contributed by atoms with van der Waals surface area (Å²) in [5.41, 5.74) is 7.49. The molecule has 0 bridgehead atoms. The number of hydrogen-bond acceptors (Lipinski definition) is 7. The summed E-state index contributed by atoms with van der Waals surface area (Å²) in [4.78, 5) is 10.2. The number of aromatic nitrogens is 2. The van der Waals surface area contributed by atoms with Crippen molar-refractivity contribution in [2.45, 2.75) is 24.6 Å². The lowest BCUT2D eigenvalue weighted by atomic mass is 10.1. The zero-order chi connectivity index (χ0) is 15.0. The molecule has 2 aromatic heterocycles. The Morgan fingerprint density at radius 1 is 1.43 bits per heavy atom. The van der Waals surface area contributed by atoms with E-state index in [-0.39, 0.29) is 5.95 Å². The van der Waals surface area contributed by atoms with Crippen LogP contribution in [0.2, 0.25) is 0 Å². The van der Waals surface area contributed by atoms with E-state index in [0.717, 1.165) is 24.2 Å². The number of fused-ring (bicyclic) bond motifs is 1. The van der Waals surface area contributed by atoms with E-state index in [0.29, 0.717) is 18.8 Å². The van der Waals surface area contributed by atoms with Crippen LogP contribution in [0.15, 0.2) is 27.8 Å². The van der Waals surface area contributed by atoms with E-state index >= 15 is 0 Å². The van der Waals surface area contributed by atoms with Crippen molar-refractivity contribution in [1.29, 1.82) is 0 Å². The molecule has 3 heterocycles. The van der Waals surface area contributed by atoms with Crippen molar-refractivity contribution in [2.24, 2.45) is 0 Å². The minimum absolute atomic E-state index is 0.269. The first-order valence-corrected chi connectivity index (χ1v) is 7.74. The summed E-state index contributed by atoms with van der Waals surface area (Å²) < 4.78 is 35.9. The molecule has 2 aromatic rings. The number of nitrogens with zero attached hydrogens (tertiary/aromatic N) is 3. The van der Waals surface area contributed by atoms with Gasteiger partial charge in [-0.25, -0.2) is 9.97 Å². The quantitative estimate of drug-likeness (QED) is 0.784. The Bertz CT molecular complexity index is 771. The Kier molecular flexibility index (Phi) is 3.40.